The normalized spacial score (nSPS) is 12.3. The van der Waals surface area contributed by atoms with Gasteiger partial charge in [-0.05, 0) is 37.5 Å². The molecule has 1 aromatic carbocycles. The minimum absolute atomic E-state index is 0.233. The zero-order valence-corrected chi connectivity index (χ0v) is 17.3. The molecule has 28 heavy (non-hydrogen) atoms. The highest BCUT2D eigenvalue weighted by atomic mass is 32.1. The molecule has 0 aliphatic heterocycles. The summed E-state index contributed by atoms with van der Waals surface area (Å²) in [5.41, 5.74) is 1.46. The van der Waals surface area contributed by atoms with Gasteiger partial charge in [-0.15, -0.1) is 11.3 Å². The maximum absolute atomic E-state index is 13.1. The Morgan fingerprint density at radius 3 is 2.57 bits per heavy atom. The van der Waals surface area contributed by atoms with Crippen LogP contribution in [0.5, 0.6) is 5.75 Å². The van der Waals surface area contributed by atoms with E-state index in [4.69, 9.17) is 9.47 Å². The number of ether oxygens (including phenoxy) is 2. The molecule has 0 bridgehead atoms. The number of aromatic nitrogens is 2. The Hall–Kier alpha value is -2.67. The van der Waals surface area contributed by atoms with Crippen molar-refractivity contribution >= 4 is 27.5 Å². The van der Waals surface area contributed by atoms with Gasteiger partial charge in [-0.1, -0.05) is 26.0 Å². The summed E-state index contributed by atoms with van der Waals surface area (Å²) in [5.74, 6) is 0.578. The lowest BCUT2D eigenvalue weighted by molar-refractivity contribution is -0.148. The van der Waals surface area contributed by atoms with Crippen molar-refractivity contribution < 1.29 is 14.3 Å². The predicted octanol–water partition coefficient (Wildman–Crippen LogP) is 4.28. The van der Waals surface area contributed by atoms with Gasteiger partial charge in [0.25, 0.3) is 5.56 Å². The van der Waals surface area contributed by atoms with E-state index in [9.17, 15) is 9.59 Å². The van der Waals surface area contributed by atoms with Crippen LogP contribution in [0.15, 0.2) is 40.8 Å². The van der Waals surface area contributed by atoms with Crippen LogP contribution < -0.4 is 10.3 Å². The molecular formula is C21H24N2O4S. The van der Waals surface area contributed by atoms with Crippen LogP contribution in [0.4, 0.5) is 0 Å². The summed E-state index contributed by atoms with van der Waals surface area (Å²) in [6, 6.07) is 6.86. The Balaban J connectivity index is 1.98. The molecule has 6 nitrogen and oxygen atoms in total. The highest BCUT2D eigenvalue weighted by Crippen LogP contribution is 2.31. The van der Waals surface area contributed by atoms with Crippen LogP contribution in [0.25, 0.3) is 21.3 Å². The first-order chi connectivity index (χ1) is 13.4. The molecule has 0 radical (unpaired) electrons. The zero-order valence-electron chi connectivity index (χ0n) is 16.5. The molecule has 2 aromatic heterocycles. The summed E-state index contributed by atoms with van der Waals surface area (Å²) in [5, 5.41) is 2.43. The van der Waals surface area contributed by atoms with Crippen molar-refractivity contribution in [1.82, 2.24) is 9.55 Å². The van der Waals surface area contributed by atoms with Crippen molar-refractivity contribution in [3.63, 3.8) is 0 Å². The van der Waals surface area contributed by atoms with Crippen LogP contribution in [0.1, 0.15) is 33.7 Å². The molecule has 0 unspecified atom stereocenters. The van der Waals surface area contributed by atoms with Gasteiger partial charge in [0.2, 0.25) is 0 Å². The van der Waals surface area contributed by atoms with Gasteiger partial charge in [-0.2, -0.15) is 0 Å². The number of carbonyl (C=O) groups excluding carboxylic acids is 1. The maximum Gasteiger partial charge on any atom is 0.329 e. The van der Waals surface area contributed by atoms with E-state index in [1.807, 2.05) is 50.4 Å². The maximum atomic E-state index is 13.1. The molecule has 0 saturated heterocycles. The fraction of sp³-hybridized carbons (Fsp3) is 0.381. The fourth-order valence-electron chi connectivity index (χ4n) is 2.81. The van der Waals surface area contributed by atoms with Gasteiger partial charge < -0.3 is 9.47 Å². The third-order valence-corrected chi connectivity index (χ3v) is 5.20. The number of nitrogens with zero attached hydrogens (tertiary/aromatic N) is 2. The molecule has 0 N–H and O–H groups in total. The highest BCUT2D eigenvalue weighted by molar-refractivity contribution is 7.17. The second-order valence-electron chi connectivity index (χ2n) is 6.94. The summed E-state index contributed by atoms with van der Waals surface area (Å²) < 4.78 is 12.1. The van der Waals surface area contributed by atoms with Gasteiger partial charge in [-0.3, -0.25) is 9.36 Å². The van der Waals surface area contributed by atoms with E-state index in [-0.39, 0.29) is 11.5 Å². The van der Waals surface area contributed by atoms with Gasteiger partial charge in [0.05, 0.1) is 24.9 Å². The highest BCUT2D eigenvalue weighted by Gasteiger charge is 2.21. The van der Waals surface area contributed by atoms with Crippen LogP contribution >= 0.6 is 11.3 Å². The first-order valence-corrected chi connectivity index (χ1v) is 10.2. The lowest BCUT2D eigenvalue weighted by Gasteiger charge is -2.15. The summed E-state index contributed by atoms with van der Waals surface area (Å²) in [4.78, 5) is 30.5. The molecule has 7 heteroatoms. The second kappa shape index (κ2) is 8.56. The van der Waals surface area contributed by atoms with E-state index >= 15 is 0 Å². The number of hydrogen-bond acceptors (Lipinski definition) is 6. The summed E-state index contributed by atoms with van der Waals surface area (Å²) in [7, 11) is 0. The van der Waals surface area contributed by atoms with Crippen LogP contribution in [0, 0.1) is 5.92 Å². The van der Waals surface area contributed by atoms with E-state index in [0.717, 1.165) is 16.9 Å². The standard InChI is InChI=1S/C21H24N2O4S/c1-5-26-16-8-6-15(7-9-16)17-11-28-19-18(17)20(24)23(12-22-19)14(4)21(25)27-10-13(2)3/h6-9,11-14H,5,10H2,1-4H3/t14-/m1/s1. The smallest absolute Gasteiger partial charge is 0.329 e. The quantitative estimate of drug-likeness (QED) is 0.554. The number of thiophene rings is 1. The van der Waals surface area contributed by atoms with Crippen molar-refractivity contribution in [2.24, 2.45) is 5.92 Å². The van der Waals surface area contributed by atoms with E-state index in [2.05, 4.69) is 4.98 Å². The van der Waals surface area contributed by atoms with E-state index in [1.54, 1.807) is 6.92 Å². The fourth-order valence-corrected chi connectivity index (χ4v) is 3.72. The molecule has 3 rings (SSSR count). The Morgan fingerprint density at radius 2 is 1.93 bits per heavy atom. The third kappa shape index (κ3) is 4.09. The number of carbonyl (C=O) groups is 1. The molecule has 0 amide bonds. The Bertz CT molecular complexity index is 1020. The van der Waals surface area contributed by atoms with Crippen molar-refractivity contribution in [3.05, 3.63) is 46.3 Å². The van der Waals surface area contributed by atoms with Gasteiger partial charge >= 0.3 is 5.97 Å². The van der Waals surface area contributed by atoms with Crippen LogP contribution in [0.3, 0.4) is 0 Å². The molecule has 0 spiro atoms. The minimum atomic E-state index is -0.740. The molecule has 3 aromatic rings. The predicted molar refractivity (Wildman–Crippen MR) is 111 cm³/mol. The van der Waals surface area contributed by atoms with Gasteiger partial charge in [0, 0.05) is 10.9 Å². The average Bonchev–Trinajstić information content (AvgIpc) is 3.12. The number of benzene rings is 1. The molecule has 0 saturated carbocycles. The molecule has 1 atom stereocenters. The van der Waals surface area contributed by atoms with E-state index in [0.29, 0.717) is 23.4 Å². The van der Waals surface area contributed by atoms with E-state index in [1.165, 1.54) is 22.2 Å². The number of hydrogen-bond donors (Lipinski definition) is 0. The number of rotatable bonds is 7. The Kier molecular flexibility index (Phi) is 6.14. The van der Waals surface area contributed by atoms with Crippen molar-refractivity contribution in [1.29, 1.82) is 0 Å². The SMILES string of the molecule is CCOc1ccc(-c2csc3ncn([C@H](C)C(=O)OCC(C)C)c(=O)c23)cc1. The molecule has 0 aliphatic carbocycles. The molecular weight excluding hydrogens is 376 g/mol. The molecule has 0 aliphatic rings. The van der Waals surface area contributed by atoms with Gasteiger partial charge in [-0.25, -0.2) is 9.78 Å². The van der Waals surface area contributed by atoms with Crippen molar-refractivity contribution in [3.8, 4) is 16.9 Å². The summed E-state index contributed by atoms with van der Waals surface area (Å²) in [6.07, 6.45) is 1.42. The Morgan fingerprint density at radius 1 is 1.21 bits per heavy atom. The second-order valence-corrected chi connectivity index (χ2v) is 7.80. The lowest BCUT2D eigenvalue weighted by Crippen LogP contribution is -2.30. The van der Waals surface area contributed by atoms with Crippen LogP contribution in [0.2, 0.25) is 0 Å². The van der Waals surface area contributed by atoms with Crippen molar-refractivity contribution in [2.45, 2.75) is 33.7 Å². The van der Waals surface area contributed by atoms with Gasteiger partial charge in [0.1, 0.15) is 16.6 Å². The van der Waals surface area contributed by atoms with Gasteiger partial charge in [0.15, 0.2) is 0 Å². The first-order valence-electron chi connectivity index (χ1n) is 9.30. The minimum Gasteiger partial charge on any atom is -0.494 e. The van der Waals surface area contributed by atoms with Crippen LogP contribution in [-0.2, 0) is 9.53 Å². The Labute approximate surface area is 167 Å². The lowest BCUT2D eigenvalue weighted by atomic mass is 10.1. The first kappa shape index (κ1) is 20.1. The largest absolute Gasteiger partial charge is 0.494 e. The monoisotopic (exact) mass is 400 g/mol. The average molecular weight is 401 g/mol. The van der Waals surface area contributed by atoms with Crippen molar-refractivity contribution in [2.75, 3.05) is 13.2 Å². The zero-order chi connectivity index (χ0) is 20.3. The number of esters is 1. The topological polar surface area (TPSA) is 70.4 Å². The summed E-state index contributed by atoms with van der Waals surface area (Å²) in [6.45, 7) is 8.43. The molecule has 2 heterocycles. The molecule has 0 fully saturated rings. The van der Waals surface area contributed by atoms with E-state index < -0.39 is 12.0 Å². The third-order valence-electron chi connectivity index (χ3n) is 4.31. The summed E-state index contributed by atoms with van der Waals surface area (Å²) >= 11 is 1.41. The molecule has 148 valence electrons. The number of fused-ring (bicyclic) bond motifs is 1. The van der Waals surface area contributed by atoms with Crippen LogP contribution in [-0.4, -0.2) is 28.7 Å².